The van der Waals surface area contributed by atoms with Gasteiger partial charge < -0.3 is 19.5 Å². The quantitative estimate of drug-likeness (QED) is 0.866. The highest BCUT2D eigenvalue weighted by Crippen LogP contribution is 2.17. The van der Waals surface area contributed by atoms with Crippen molar-refractivity contribution in [3.05, 3.63) is 22.4 Å². The molecule has 19 heavy (non-hydrogen) atoms. The Balaban J connectivity index is 1.92. The highest BCUT2D eigenvalue weighted by atomic mass is 32.1. The van der Waals surface area contributed by atoms with Gasteiger partial charge in [0.15, 0.2) is 0 Å². The molecule has 1 amide bonds. The Hall–Kier alpha value is -1.11. The van der Waals surface area contributed by atoms with Gasteiger partial charge >= 0.3 is 6.09 Å². The fourth-order valence-corrected chi connectivity index (χ4v) is 2.77. The van der Waals surface area contributed by atoms with Crippen molar-refractivity contribution in [3.63, 3.8) is 0 Å². The third kappa shape index (κ3) is 4.49. The lowest BCUT2D eigenvalue weighted by Crippen LogP contribution is -2.37. The van der Waals surface area contributed by atoms with Crippen molar-refractivity contribution in [2.75, 3.05) is 26.4 Å². The number of hydrogen-bond donors (Lipinski definition) is 1. The molecule has 106 valence electrons. The van der Waals surface area contributed by atoms with Gasteiger partial charge in [-0.2, -0.15) is 0 Å². The summed E-state index contributed by atoms with van der Waals surface area (Å²) in [6.07, 6.45) is 1.73. The molecule has 1 fully saturated rings. The van der Waals surface area contributed by atoms with E-state index in [2.05, 4.69) is 0 Å². The van der Waals surface area contributed by atoms with Crippen LogP contribution in [0.3, 0.4) is 0 Å². The molecule has 0 aromatic carbocycles. The van der Waals surface area contributed by atoms with Crippen LogP contribution in [0.25, 0.3) is 0 Å². The zero-order chi connectivity index (χ0) is 13.5. The minimum absolute atomic E-state index is 0.0330. The summed E-state index contributed by atoms with van der Waals surface area (Å²) in [4.78, 5) is 14.7. The number of aliphatic hydroxyl groups excluding tert-OH is 1. The van der Waals surface area contributed by atoms with Crippen LogP contribution in [-0.2, 0) is 16.0 Å². The second-order valence-corrected chi connectivity index (χ2v) is 5.47. The molecule has 1 N–H and O–H groups in total. The van der Waals surface area contributed by atoms with Gasteiger partial charge in [-0.1, -0.05) is 6.07 Å². The summed E-state index contributed by atoms with van der Waals surface area (Å²) < 4.78 is 10.6. The average Bonchev–Trinajstić information content (AvgIpc) is 3.08. The first-order valence-corrected chi connectivity index (χ1v) is 7.34. The lowest BCUT2D eigenvalue weighted by atomic mass is 10.2. The summed E-state index contributed by atoms with van der Waals surface area (Å²) in [5, 5.41) is 10.7. The predicted octanol–water partition coefficient (Wildman–Crippen LogP) is 1.86. The smallest absolute Gasteiger partial charge is 0.410 e. The highest BCUT2D eigenvalue weighted by Gasteiger charge is 2.23. The Labute approximate surface area is 116 Å². The molecule has 1 aliphatic heterocycles. The number of nitrogens with zero attached hydrogens (tertiary/aromatic N) is 1. The van der Waals surface area contributed by atoms with Crippen LogP contribution in [0, 0.1) is 0 Å². The van der Waals surface area contributed by atoms with E-state index in [1.165, 1.54) is 0 Å². The van der Waals surface area contributed by atoms with Crippen LogP contribution in [0.1, 0.15) is 17.7 Å². The number of amides is 1. The van der Waals surface area contributed by atoms with Crippen LogP contribution in [-0.4, -0.2) is 48.6 Å². The first-order valence-electron chi connectivity index (χ1n) is 6.46. The minimum atomic E-state index is -0.391. The first-order chi connectivity index (χ1) is 9.29. The van der Waals surface area contributed by atoms with Crippen molar-refractivity contribution in [2.45, 2.75) is 25.5 Å². The van der Waals surface area contributed by atoms with E-state index in [1.807, 2.05) is 17.5 Å². The molecule has 1 aromatic rings. The van der Waals surface area contributed by atoms with Crippen LogP contribution < -0.4 is 0 Å². The molecule has 5 nitrogen and oxygen atoms in total. The van der Waals surface area contributed by atoms with Gasteiger partial charge in [0.2, 0.25) is 0 Å². The Bertz CT molecular complexity index is 376. The maximum Gasteiger partial charge on any atom is 0.410 e. The molecule has 2 rings (SSSR count). The van der Waals surface area contributed by atoms with Gasteiger partial charge in [-0.3, -0.25) is 0 Å². The Kier molecular flexibility index (Phi) is 5.62. The Morgan fingerprint density at radius 3 is 3.16 bits per heavy atom. The summed E-state index contributed by atoms with van der Waals surface area (Å²) in [6, 6.07) is 3.95. The molecule has 0 spiro atoms. The van der Waals surface area contributed by atoms with E-state index >= 15 is 0 Å². The molecule has 1 unspecified atom stereocenters. The lowest BCUT2D eigenvalue weighted by Gasteiger charge is -2.24. The van der Waals surface area contributed by atoms with Crippen molar-refractivity contribution < 1.29 is 19.4 Å². The largest absolute Gasteiger partial charge is 0.447 e. The molecule has 6 heteroatoms. The van der Waals surface area contributed by atoms with Gasteiger partial charge in [0, 0.05) is 11.5 Å². The molecule has 0 aliphatic carbocycles. The number of carbonyl (C=O) groups is 1. The van der Waals surface area contributed by atoms with E-state index in [0.29, 0.717) is 13.1 Å². The molecule has 0 bridgehead atoms. The standard InChI is InChI=1S/C13H19NO4S/c15-5-7-18-13(16)14(9-11-3-1-6-17-11)10-12-4-2-8-19-12/h2,4,8,11,15H,1,3,5-7,9-10H2. The van der Waals surface area contributed by atoms with E-state index < -0.39 is 6.09 Å². The zero-order valence-corrected chi connectivity index (χ0v) is 11.6. The number of rotatable bonds is 6. The normalized spacial score (nSPS) is 18.5. The van der Waals surface area contributed by atoms with Crippen molar-refractivity contribution in [3.8, 4) is 0 Å². The van der Waals surface area contributed by atoms with Crippen molar-refractivity contribution in [1.29, 1.82) is 0 Å². The van der Waals surface area contributed by atoms with Crippen molar-refractivity contribution in [2.24, 2.45) is 0 Å². The van der Waals surface area contributed by atoms with E-state index in [1.54, 1.807) is 16.2 Å². The third-order valence-electron chi connectivity index (χ3n) is 2.95. The van der Waals surface area contributed by atoms with E-state index in [-0.39, 0.29) is 19.3 Å². The van der Waals surface area contributed by atoms with Gasteiger partial charge in [-0.05, 0) is 24.3 Å². The monoisotopic (exact) mass is 285 g/mol. The number of aliphatic hydroxyl groups is 1. The van der Waals surface area contributed by atoms with Gasteiger partial charge in [0.25, 0.3) is 0 Å². The SMILES string of the molecule is O=C(OCCO)N(Cc1cccs1)CC1CCCO1. The summed E-state index contributed by atoms with van der Waals surface area (Å²) >= 11 is 1.61. The fraction of sp³-hybridized carbons (Fsp3) is 0.615. The predicted molar refractivity (Wildman–Crippen MR) is 72.1 cm³/mol. The molecule has 1 saturated heterocycles. The summed E-state index contributed by atoms with van der Waals surface area (Å²) in [6.45, 7) is 1.72. The molecule has 1 atom stereocenters. The second kappa shape index (κ2) is 7.47. The third-order valence-corrected chi connectivity index (χ3v) is 3.81. The lowest BCUT2D eigenvalue weighted by molar-refractivity contribution is 0.0474. The molecule has 0 saturated carbocycles. The van der Waals surface area contributed by atoms with Crippen molar-refractivity contribution in [1.82, 2.24) is 4.90 Å². The maximum absolute atomic E-state index is 12.0. The van der Waals surface area contributed by atoms with Crippen LogP contribution in [0.5, 0.6) is 0 Å². The Morgan fingerprint density at radius 2 is 2.53 bits per heavy atom. The van der Waals surface area contributed by atoms with Gasteiger partial charge in [0.05, 0.1) is 25.8 Å². The second-order valence-electron chi connectivity index (χ2n) is 4.43. The number of carbonyl (C=O) groups excluding carboxylic acids is 1. The number of hydrogen-bond acceptors (Lipinski definition) is 5. The van der Waals surface area contributed by atoms with Gasteiger partial charge in [-0.15, -0.1) is 11.3 Å². The van der Waals surface area contributed by atoms with E-state index in [0.717, 1.165) is 24.3 Å². The molecule has 2 heterocycles. The summed E-state index contributed by atoms with van der Waals surface area (Å²) in [5.74, 6) is 0. The van der Waals surface area contributed by atoms with Crippen LogP contribution in [0.4, 0.5) is 4.79 Å². The maximum atomic E-state index is 12.0. The van der Waals surface area contributed by atoms with E-state index in [4.69, 9.17) is 14.6 Å². The van der Waals surface area contributed by atoms with Crippen LogP contribution in [0.15, 0.2) is 17.5 Å². The molecule has 1 aromatic heterocycles. The average molecular weight is 285 g/mol. The van der Waals surface area contributed by atoms with Crippen LogP contribution in [0.2, 0.25) is 0 Å². The van der Waals surface area contributed by atoms with Crippen molar-refractivity contribution >= 4 is 17.4 Å². The molecule has 0 radical (unpaired) electrons. The topological polar surface area (TPSA) is 59.0 Å². The van der Waals surface area contributed by atoms with Gasteiger partial charge in [0.1, 0.15) is 6.61 Å². The highest BCUT2D eigenvalue weighted by molar-refractivity contribution is 7.09. The fourth-order valence-electron chi connectivity index (χ4n) is 2.05. The summed E-state index contributed by atoms with van der Waals surface area (Å²) in [5.41, 5.74) is 0. The van der Waals surface area contributed by atoms with Crippen LogP contribution >= 0.6 is 11.3 Å². The Morgan fingerprint density at radius 1 is 1.63 bits per heavy atom. The number of ether oxygens (including phenoxy) is 2. The van der Waals surface area contributed by atoms with Gasteiger partial charge in [-0.25, -0.2) is 4.79 Å². The molecular weight excluding hydrogens is 266 g/mol. The van der Waals surface area contributed by atoms with E-state index in [9.17, 15) is 4.79 Å². The number of thiophene rings is 1. The zero-order valence-electron chi connectivity index (χ0n) is 10.8. The molecule has 1 aliphatic rings. The summed E-state index contributed by atoms with van der Waals surface area (Å²) in [7, 11) is 0. The molecular formula is C13H19NO4S. The first kappa shape index (κ1) is 14.3. The minimum Gasteiger partial charge on any atom is -0.447 e.